The second kappa shape index (κ2) is 9.62. The molecule has 1 fully saturated rings. The summed E-state index contributed by atoms with van der Waals surface area (Å²) < 4.78 is 32.9. The van der Waals surface area contributed by atoms with Crippen molar-refractivity contribution in [2.45, 2.75) is 38.5 Å². The smallest absolute Gasteiger partial charge is 0.243 e. The standard InChI is InChI=1S/C23H30N2O4S/c1-17-4-7-21(8-5-17)29-15-12-24-23(26)20-10-13-25(14-11-20)30(27,28)22-9-6-18(2)19(3)16-22/h4-9,16,20H,10-15H2,1-3H3,(H,24,26). The van der Waals surface area contributed by atoms with Crippen molar-refractivity contribution in [1.82, 2.24) is 9.62 Å². The molecule has 2 aromatic carbocycles. The molecule has 0 radical (unpaired) electrons. The predicted octanol–water partition coefficient (Wildman–Crippen LogP) is 3.21. The van der Waals surface area contributed by atoms with Crippen LogP contribution in [0.5, 0.6) is 5.75 Å². The van der Waals surface area contributed by atoms with Crippen LogP contribution in [0.1, 0.15) is 29.5 Å². The molecule has 30 heavy (non-hydrogen) atoms. The van der Waals surface area contributed by atoms with Gasteiger partial charge in [-0.25, -0.2) is 8.42 Å². The summed E-state index contributed by atoms with van der Waals surface area (Å²) >= 11 is 0. The van der Waals surface area contributed by atoms with Crippen LogP contribution in [0.3, 0.4) is 0 Å². The number of nitrogens with zero attached hydrogens (tertiary/aromatic N) is 1. The van der Waals surface area contributed by atoms with Gasteiger partial charge in [-0.15, -0.1) is 0 Å². The SMILES string of the molecule is Cc1ccc(OCCNC(=O)C2CCN(S(=O)(=O)c3ccc(C)c(C)c3)CC2)cc1. The van der Waals surface area contributed by atoms with Gasteiger partial charge in [-0.3, -0.25) is 4.79 Å². The average molecular weight is 431 g/mol. The number of nitrogens with one attached hydrogen (secondary N) is 1. The Labute approximate surface area is 179 Å². The second-order valence-electron chi connectivity index (χ2n) is 7.88. The fourth-order valence-corrected chi connectivity index (χ4v) is 5.06. The second-order valence-corrected chi connectivity index (χ2v) is 9.81. The number of hydrogen-bond acceptors (Lipinski definition) is 4. The van der Waals surface area contributed by atoms with Gasteiger partial charge in [-0.2, -0.15) is 4.31 Å². The lowest BCUT2D eigenvalue weighted by molar-refractivity contribution is -0.126. The molecular formula is C23H30N2O4S. The molecule has 0 bridgehead atoms. The Balaban J connectivity index is 1.45. The third kappa shape index (κ3) is 5.40. The normalized spacial score (nSPS) is 15.7. The minimum Gasteiger partial charge on any atom is -0.492 e. The van der Waals surface area contributed by atoms with Crippen LogP contribution in [-0.2, 0) is 14.8 Å². The molecule has 0 aromatic heterocycles. The number of carbonyl (C=O) groups excluding carboxylic acids is 1. The van der Waals surface area contributed by atoms with Gasteiger partial charge in [0.05, 0.1) is 11.4 Å². The van der Waals surface area contributed by atoms with Gasteiger partial charge in [0.1, 0.15) is 12.4 Å². The monoisotopic (exact) mass is 430 g/mol. The summed E-state index contributed by atoms with van der Waals surface area (Å²) in [5.74, 6) is 0.570. The average Bonchev–Trinajstić information content (AvgIpc) is 2.74. The summed E-state index contributed by atoms with van der Waals surface area (Å²) in [6, 6.07) is 13.0. The van der Waals surface area contributed by atoms with Crippen molar-refractivity contribution in [3.8, 4) is 5.75 Å². The van der Waals surface area contributed by atoms with Crippen LogP contribution in [0, 0.1) is 26.7 Å². The highest BCUT2D eigenvalue weighted by atomic mass is 32.2. The number of sulfonamides is 1. The summed E-state index contributed by atoms with van der Waals surface area (Å²) in [4.78, 5) is 12.7. The van der Waals surface area contributed by atoms with E-state index in [4.69, 9.17) is 4.74 Å². The van der Waals surface area contributed by atoms with Crippen molar-refractivity contribution < 1.29 is 17.9 Å². The van der Waals surface area contributed by atoms with Crippen molar-refractivity contribution in [2.75, 3.05) is 26.2 Å². The van der Waals surface area contributed by atoms with E-state index in [0.717, 1.165) is 16.9 Å². The Morgan fingerprint density at radius 3 is 2.33 bits per heavy atom. The van der Waals surface area contributed by atoms with Gasteiger partial charge in [-0.05, 0) is 69.0 Å². The Morgan fingerprint density at radius 1 is 1.03 bits per heavy atom. The van der Waals surface area contributed by atoms with Crippen molar-refractivity contribution in [1.29, 1.82) is 0 Å². The Hall–Kier alpha value is -2.38. The number of carbonyl (C=O) groups is 1. The van der Waals surface area contributed by atoms with E-state index in [1.54, 1.807) is 12.1 Å². The molecule has 1 N–H and O–H groups in total. The predicted molar refractivity (Wildman–Crippen MR) is 117 cm³/mol. The zero-order chi connectivity index (χ0) is 21.7. The van der Waals surface area contributed by atoms with E-state index < -0.39 is 10.0 Å². The summed E-state index contributed by atoms with van der Waals surface area (Å²) in [5.41, 5.74) is 3.19. The number of benzene rings is 2. The van der Waals surface area contributed by atoms with Crippen LogP contribution in [0.25, 0.3) is 0 Å². The minimum absolute atomic E-state index is 0.0364. The maximum atomic E-state index is 12.9. The van der Waals surface area contributed by atoms with Gasteiger partial charge >= 0.3 is 0 Å². The first kappa shape index (κ1) is 22.3. The van der Waals surface area contributed by atoms with Crippen LogP contribution in [0.4, 0.5) is 0 Å². The molecule has 162 valence electrons. The van der Waals surface area contributed by atoms with Gasteiger partial charge in [0, 0.05) is 19.0 Å². The van der Waals surface area contributed by atoms with E-state index in [9.17, 15) is 13.2 Å². The van der Waals surface area contributed by atoms with Gasteiger partial charge in [0.15, 0.2) is 0 Å². The largest absolute Gasteiger partial charge is 0.492 e. The van der Waals surface area contributed by atoms with Crippen molar-refractivity contribution >= 4 is 15.9 Å². The number of rotatable bonds is 7. The van der Waals surface area contributed by atoms with Crippen LogP contribution >= 0.6 is 0 Å². The highest BCUT2D eigenvalue weighted by Crippen LogP contribution is 2.25. The fourth-order valence-electron chi connectivity index (χ4n) is 3.50. The van der Waals surface area contributed by atoms with Crippen LogP contribution in [0.2, 0.25) is 0 Å². The number of hydrogen-bond donors (Lipinski definition) is 1. The molecule has 2 aromatic rings. The molecule has 1 heterocycles. The van der Waals surface area contributed by atoms with Gasteiger partial charge in [0.2, 0.25) is 15.9 Å². The molecule has 1 aliphatic rings. The number of aryl methyl sites for hydroxylation is 3. The molecule has 0 unspecified atom stereocenters. The zero-order valence-electron chi connectivity index (χ0n) is 17.8. The highest BCUT2D eigenvalue weighted by molar-refractivity contribution is 7.89. The lowest BCUT2D eigenvalue weighted by Gasteiger charge is -2.30. The summed E-state index contributed by atoms with van der Waals surface area (Å²) in [5, 5.41) is 2.90. The molecule has 0 spiro atoms. The first-order valence-corrected chi connectivity index (χ1v) is 11.8. The van der Waals surface area contributed by atoms with E-state index in [-0.39, 0.29) is 11.8 Å². The van der Waals surface area contributed by atoms with E-state index >= 15 is 0 Å². The highest BCUT2D eigenvalue weighted by Gasteiger charge is 2.32. The Bertz CT molecular complexity index is 979. The molecule has 7 heteroatoms. The molecule has 0 aliphatic carbocycles. The van der Waals surface area contributed by atoms with Crippen molar-refractivity contribution in [3.63, 3.8) is 0 Å². The molecule has 1 aliphatic heterocycles. The fraction of sp³-hybridized carbons (Fsp3) is 0.435. The number of piperidine rings is 1. The first-order valence-electron chi connectivity index (χ1n) is 10.3. The quantitative estimate of drug-likeness (QED) is 0.685. The summed E-state index contributed by atoms with van der Waals surface area (Å²) in [7, 11) is -3.52. The van der Waals surface area contributed by atoms with Gasteiger partial charge < -0.3 is 10.1 Å². The van der Waals surface area contributed by atoms with E-state index in [0.29, 0.717) is 44.0 Å². The molecule has 1 amide bonds. The van der Waals surface area contributed by atoms with E-state index in [1.807, 2.05) is 51.1 Å². The van der Waals surface area contributed by atoms with Crippen LogP contribution in [-0.4, -0.2) is 44.9 Å². The van der Waals surface area contributed by atoms with Gasteiger partial charge in [-0.1, -0.05) is 23.8 Å². The summed E-state index contributed by atoms with van der Waals surface area (Å²) in [6.45, 7) is 7.42. The van der Waals surface area contributed by atoms with Crippen LogP contribution < -0.4 is 10.1 Å². The molecular weight excluding hydrogens is 400 g/mol. The van der Waals surface area contributed by atoms with E-state index in [1.165, 1.54) is 9.87 Å². The maximum Gasteiger partial charge on any atom is 0.243 e. The molecule has 0 saturated carbocycles. The Kier molecular flexibility index (Phi) is 7.15. The molecule has 1 saturated heterocycles. The number of amides is 1. The lowest BCUT2D eigenvalue weighted by atomic mass is 9.97. The zero-order valence-corrected chi connectivity index (χ0v) is 18.7. The minimum atomic E-state index is -3.52. The number of ether oxygens (including phenoxy) is 1. The summed E-state index contributed by atoms with van der Waals surface area (Å²) in [6.07, 6.45) is 1.05. The van der Waals surface area contributed by atoms with Crippen LogP contribution in [0.15, 0.2) is 47.4 Å². The topological polar surface area (TPSA) is 75.7 Å². The van der Waals surface area contributed by atoms with Crippen molar-refractivity contribution in [2.24, 2.45) is 5.92 Å². The van der Waals surface area contributed by atoms with Gasteiger partial charge in [0.25, 0.3) is 0 Å². The molecule has 0 atom stereocenters. The lowest BCUT2D eigenvalue weighted by Crippen LogP contribution is -2.43. The van der Waals surface area contributed by atoms with Crippen molar-refractivity contribution in [3.05, 3.63) is 59.2 Å². The maximum absolute atomic E-state index is 12.9. The molecule has 3 rings (SSSR count). The third-order valence-electron chi connectivity index (χ3n) is 5.63. The first-order chi connectivity index (χ1) is 14.3. The third-order valence-corrected chi connectivity index (χ3v) is 7.53. The Morgan fingerprint density at radius 2 is 1.70 bits per heavy atom. The van der Waals surface area contributed by atoms with E-state index in [2.05, 4.69) is 5.32 Å². The molecule has 6 nitrogen and oxygen atoms in total.